The van der Waals surface area contributed by atoms with Gasteiger partial charge in [0.25, 0.3) is 0 Å². The average Bonchev–Trinajstić information content (AvgIpc) is 3.35. The first kappa shape index (κ1) is 21.4. The van der Waals surface area contributed by atoms with Gasteiger partial charge < -0.3 is 10.5 Å². The maximum atomic E-state index is 13.2. The van der Waals surface area contributed by atoms with Gasteiger partial charge >= 0.3 is 11.7 Å². The fourth-order valence-corrected chi connectivity index (χ4v) is 4.23. The van der Waals surface area contributed by atoms with Crippen LogP contribution in [-0.2, 0) is 19.6 Å². The highest BCUT2D eigenvalue weighted by molar-refractivity contribution is 5.83. The minimum absolute atomic E-state index is 0.130. The maximum Gasteiger partial charge on any atom is 0.330 e. The van der Waals surface area contributed by atoms with Crippen molar-refractivity contribution < 1.29 is 4.74 Å². The molecule has 0 saturated carbocycles. The molecule has 1 saturated heterocycles. The maximum absolute atomic E-state index is 13.2. The van der Waals surface area contributed by atoms with Gasteiger partial charge in [0.05, 0.1) is 13.2 Å². The first-order valence-corrected chi connectivity index (χ1v) is 11.3. The van der Waals surface area contributed by atoms with Crippen LogP contribution in [0.2, 0.25) is 0 Å². The van der Waals surface area contributed by atoms with Crippen LogP contribution in [0.5, 0.6) is 6.01 Å². The minimum atomic E-state index is -0.130. The Morgan fingerprint density at radius 1 is 1.06 bits per heavy atom. The van der Waals surface area contributed by atoms with E-state index in [1.54, 1.807) is 9.13 Å². The lowest BCUT2D eigenvalue weighted by Gasteiger charge is -2.15. The lowest BCUT2D eigenvalue weighted by Crippen LogP contribution is -2.24. The first-order valence-electron chi connectivity index (χ1n) is 11.3. The third kappa shape index (κ3) is 4.58. The number of aryl methyl sites for hydroxylation is 1. The number of aromatic nitrogens is 4. The largest absolute Gasteiger partial charge is 0.463 e. The fourth-order valence-electron chi connectivity index (χ4n) is 4.23. The normalized spacial score (nSPS) is 14.5. The molecule has 0 spiro atoms. The third-order valence-corrected chi connectivity index (χ3v) is 5.84. The second-order valence-corrected chi connectivity index (χ2v) is 8.18. The van der Waals surface area contributed by atoms with Crippen LogP contribution >= 0.6 is 0 Å². The molecule has 0 atom stereocenters. The molecule has 3 heterocycles. The lowest BCUT2D eigenvalue weighted by atomic mass is 10.1. The Labute approximate surface area is 182 Å². The van der Waals surface area contributed by atoms with E-state index >= 15 is 0 Å². The van der Waals surface area contributed by atoms with Gasteiger partial charge in [0.15, 0.2) is 11.5 Å². The number of nitrogens with two attached hydrogens (primary N) is 1. The summed E-state index contributed by atoms with van der Waals surface area (Å²) in [4.78, 5) is 24.5. The van der Waals surface area contributed by atoms with Crippen molar-refractivity contribution in [1.29, 1.82) is 0 Å². The predicted molar refractivity (Wildman–Crippen MR) is 122 cm³/mol. The van der Waals surface area contributed by atoms with E-state index < -0.39 is 0 Å². The van der Waals surface area contributed by atoms with Crippen molar-refractivity contribution in [2.45, 2.75) is 59.2 Å². The summed E-state index contributed by atoms with van der Waals surface area (Å²) in [6.07, 6.45) is 4.47. The molecule has 2 N–H and O–H groups in total. The SMILES string of the molecule is CCCCOc1nc(N)c2c(n1)n(Cc1cccc(CN3CCCC3)c1)c(=O)n2CC. The van der Waals surface area contributed by atoms with Gasteiger partial charge in [-0.3, -0.25) is 14.0 Å². The monoisotopic (exact) mass is 424 g/mol. The molecule has 1 fully saturated rings. The van der Waals surface area contributed by atoms with Gasteiger partial charge in [-0.15, -0.1) is 0 Å². The van der Waals surface area contributed by atoms with E-state index in [0.717, 1.165) is 38.0 Å². The van der Waals surface area contributed by atoms with Crippen molar-refractivity contribution in [1.82, 2.24) is 24.0 Å². The predicted octanol–water partition coefficient (Wildman–Crippen LogP) is 3.02. The van der Waals surface area contributed by atoms with Crippen LogP contribution in [0.3, 0.4) is 0 Å². The number of anilines is 1. The number of hydrogen-bond acceptors (Lipinski definition) is 6. The number of unbranched alkanes of at least 4 members (excludes halogenated alkanes) is 1. The number of imidazole rings is 1. The number of nitrogen functional groups attached to an aromatic ring is 1. The summed E-state index contributed by atoms with van der Waals surface area (Å²) in [5.41, 5.74) is 9.52. The Morgan fingerprint density at radius 3 is 2.52 bits per heavy atom. The van der Waals surface area contributed by atoms with Gasteiger partial charge in [0.2, 0.25) is 0 Å². The van der Waals surface area contributed by atoms with Crippen LogP contribution in [0.15, 0.2) is 29.1 Å². The van der Waals surface area contributed by atoms with Crippen LogP contribution < -0.4 is 16.2 Å². The lowest BCUT2D eigenvalue weighted by molar-refractivity contribution is 0.286. The van der Waals surface area contributed by atoms with Crippen molar-refractivity contribution in [2.75, 3.05) is 25.4 Å². The van der Waals surface area contributed by atoms with Crippen LogP contribution in [0.4, 0.5) is 5.82 Å². The number of hydrogen-bond donors (Lipinski definition) is 1. The van der Waals surface area contributed by atoms with E-state index in [-0.39, 0.29) is 17.5 Å². The Hall–Kier alpha value is -2.87. The number of nitrogens with zero attached hydrogens (tertiary/aromatic N) is 5. The Bertz CT molecular complexity index is 1100. The van der Waals surface area contributed by atoms with Gasteiger partial charge in [-0.2, -0.15) is 9.97 Å². The summed E-state index contributed by atoms with van der Waals surface area (Å²) < 4.78 is 9.00. The van der Waals surface area contributed by atoms with Crippen molar-refractivity contribution in [3.8, 4) is 6.01 Å². The van der Waals surface area contributed by atoms with Crippen LogP contribution in [-0.4, -0.2) is 43.7 Å². The van der Waals surface area contributed by atoms with Gasteiger partial charge in [0, 0.05) is 13.1 Å². The molecule has 3 aromatic rings. The molecule has 31 heavy (non-hydrogen) atoms. The Kier molecular flexibility index (Phi) is 6.56. The zero-order chi connectivity index (χ0) is 21.8. The smallest absolute Gasteiger partial charge is 0.330 e. The molecule has 0 unspecified atom stereocenters. The molecule has 166 valence electrons. The minimum Gasteiger partial charge on any atom is -0.463 e. The summed E-state index contributed by atoms with van der Waals surface area (Å²) in [5.74, 6) is 0.275. The molecule has 1 aliphatic heterocycles. The highest BCUT2D eigenvalue weighted by Crippen LogP contribution is 2.22. The van der Waals surface area contributed by atoms with Crippen LogP contribution in [0.25, 0.3) is 11.2 Å². The number of likely N-dealkylation sites (tertiary alicyclic amines) is 1. The fraction of sp³-hybridized carbons (Fsp3) is 0.522. The summed E-state index contributed by atoms with van der Waals surface area (Å²) in [7, 11) is 0. The molecule has 0 bridgehead atoms. The molecule has 8 heteroatoms. The molecular formula is C23H32N6O2. The molecule has 0 amide bonds. The summed E-state index contributed by atoms with van der Waals surface area (Å²) >= 11 is 0. The topological polar surface area (TPSA) is 91.2 Å². The zero-order valence-corrected chi connectivity index (χ0v) is 18.5. The molecule has 1 aliphatic rings. The van der Waals surface area contributed by atoms with Gasteiger partial charge in [-0.25, -0.2) is 4.79 Å². The highest BCUT2D eigenvalue weighted by atomic mass is 16.5. The third-order valence-electron chi connectivity index (χ3n) is 5.84. The molecule has 2 aromatic heterocycles. The molecule has 1 aromatic carbocycles. The van der Waals surface area contributed by atoms with Crippen LogP contribution in [0, 0.1) is 0 Å². The van der Waals surface area contributed by atoms with Crippen molar-refractivity contribution in [2.24, 2.45) is 0 Å². The van der Waals surface area contributed by atoms with E-state index in [4.69, 9.17) is 10.5 Å². The molecule has 0 radical (unpaired) electrons. The Morgan fingerprint density at radius 2 is 1.81 bits per heavy atom. The Balaban J connectivity index is 1.67. The van der Waals surface area contributed by atoms with Crippen molar-refractivity contribution in [3.05, 3.63) is 45.9 Å². The van der Waals surface area contributed by atoms with E-state index in [0.29, 0.717) is 30.9 Å². The van der Waals surface area contributed by atoms with E-state index in [2.05, 4.69) is 46.1 Å². The van der Waals surface area contributed by atoms with E-state index in [9.17, 15) is 4.79 Å². The van der Waals surface area contributed by atoms with Gasteiger partial charge in [-0.1, -0.05) is 37.6 Å². The standard InChI is InChI=1S/C23H32N6O2/c1-3-5-13-31-22-25-20(24)19-21(26-22)29(23(30)28(19)4-2)16-18-10-8-9-17(14-18)15-27-11-6-7-12-27/h8-10,14H,3-7,11-13,15-16H2,1-2H3,(H2,24,25,26). The molecule has 0 aliphatic carbocycles. The quantitative estimate of drug-likeness (QED) is 0.531. The summed E-state index contributed by atoms with van der Waals surface area (Å²) in [5, 5.41) is 0. The average molecular weight is 425 g/mol. The first-order chi connectivity index (χ1) is 15.1. The second kappa shape index (κ2) is 9.51. The van der Waals surface area contributed by atoms with Crippen LogP contribution in [0.1, 0.15) is 50.7 Å². The summed E-state index contributed by atoms with van der Waals surface area (Å²) in [6.45, 7) is 8.74. The number of rotatable bonds is 9. The summed E-state index contributed by atoms with van der Waals surface area (Å²) in [6, 6.07) is 8.68. The van der Waals surface area contributed by atoms with Gasteiger partial charge in [0.1, 0.15) is 5.52 Å². The molecule has 8 nitrogen and oxygen atoms in total. The van der Waals surface area contributed by atoms with Crippen molar-refractivity contribution in [3.63, 3.8) is 0 Å². The highest BCUT2D eigenvalue weighted by Gasteiger charge is 2.19. The van der Waals surface area contributed by atoms with E-state index in [1.165, 1.54) is 18.4 Å². The van der Waals surface area contributed by atoms with Gasteiger partial charge in [-0.05, 0) is 50.4 Å². The number of fused-ring (bicyclic) bond motifs is 1. The molecule has 4 rings (SSSR count). The van der Waals surface area contributed by atoms with E-state index in [1.807, 2.05) is 6.92 Å². The number of ether oxygens (including phenoxy) is 1. The second-order valence-electron chi connectivity index (χ2n) is 8.18. The van der Waals surface area contributed by atoms with Crippen molar-refractivity contribution >= 4 is 17.0 Å². The number of benzene rings is 1. The zero-order valence-electron chi connectivity index (χ0n) is 18.5. The molecular weight excluding hydrogens is 392 g/mol.